The van der Waals surface area contributed by atoms with E-state index < -0.39 is 0 Å². The van der Waals surface area contributed by atoms with E-state index in [1.165, 1.54) is 6.42 Å². The Kier molecular flexibility index (Phi) is 4.50. The van der Waals surface area contributed by atoms with Gasteiger partial charge in [0.1, 0.15) is 11.5 Å². The molecular formula is C26H32ClN5O2. The molecule has 0 aromatic carbocycles. The Morgan fingerprint density at radius 3 is 2.82 bits per heavy atom. The third-order valence-electron chi connectivity index (χ3n) is 9.31. The van der Waals surface area contributed by atoms with E-state index in [-0.39, 0.29) is 23.7 Å². The minimum atomic E-state index is -0.0366. The van der Waals surface area contributed by atoms with Gasteiger partial charge < -0.3 is 25.0 Å². The molecule has 4 saturated carbocycles. The van der Waals surface area contributed by atoms with E-state index in [1.807, 2.05) is 19.3 Å². The van der Waals surface area contributed by atoms with Gasteiger partial charge in [-0.2, -0.15) is 4.98 Å². The van der Waals surface area contributed by atoms with Crippen molar-refractivity contribution in [3.63, 3.8) is 0 Å². The molecule has 0 spiro atoms. The van der Waals surface area contributed by atoms with E-state index in [0.717, 1.165) is 68.2 Å². The van der Waals surface area contributed by atoms with Crippen LogP contribution in [0.2, 0.25) is 0 Å². The molecule has 0 radical (unpaired) electrons. The van der Waals surface area contributed by atoms with Crippen LogP contribution in [-0.4, -0.2) is 47.0 Å². The molecule has 4 unspecified atom stereocenters. The quantitative estimate of drug-likeness (QED) is 0.661. The van der Waals surface area contributed by atoms with Crippen molar-refractivity contribution in [3.05, 3.63) is 41.5 Å². The number of fused-ring (bicyclic) bond motifs is 2. The van der Waals surface area contributed by atoms with Crippen LogP contribution in [0.5, 0.6) is 0 Å². The fourth-order valence-corrected chi connectivity index (χ4v) is 8.55. The first kappa shape index (κ1) is 21.2. The molecular weight excluding hydrogens is 450 g/mol. The second kappa shape index (κ2) is 7.21. The van der Waals surface area contributed by atoms with Crippen LogP contribution < -0.4 is 15.1 Å². The average Bonchev–Trinajstić information content (AvgIpc) is 3.35. The van der Waals surface area contributed by atoms with Gasteiger partial charge in [-0.3, -0.25) is 0 Å². The summed E-state index contributed by atoms with van der Waals surface area (Å²) in [6.45, 7) is 5.52. The Morgan fingerprint density at radius 1 is 1.26 bits per heavy atom. The molecule has 0 amide bonds. The van der Waals surface area contributed by atoms with E-state index in [1.54, 1.807) is 0 Å². The number of hydrogen-bond donors (Lipinski definition) is 2. The first-order chi connectivity index (χ1) is 16.4. The Balaban J connectivity index is 1.24. The number of hydrogen-bond acceptors (Lipinski definition) is 7. The fourth-order valence-electron chi connectivity index (χ4n) is 8.31. The van der Waals surface area contributed by atoms with Gasteiger partial charge in [0.05, 0.1) is 23.0 Å². The Hall–Kier alpha value is -2.09. The molecule has 3 heterocycles. The van der Waals surface area contributed by atoms with Gasteiger partial charge in [0, 0.05) is 31.7 Å². The maximum absolute atomic E-state index is 10.4. The minimum Gasteiger partial charge on any atom is -0.396 e. The van der Waals surface area contributed by atoms with E-state index in [4.69, 9.17) is 21.3 Å². The van der Waals surface area contributed by atoms with Crippen molar-refractivity contribution >= 4 is 29.1 Å². The van der Waals surface area contributed by atoms with Crippen molar-refractivity contribution in [2.24, 2.45) is 23.2 Å². The Labute approximate surface area is 205 Å². The Bertz CT molecular complexity index is 1120. The second-order valence-electron chi connectivity index (χ2n) is 11.6. The highest BCUT2D eigenvalue weighted by atomic mass is 35.5. The van der Waals surface area contributed by atoms with E-state index >= 15 is 0 Å². The standard InChI is InChI=1S/C26H32ClN5O2/c1-15-31(2)21-12-28-24(29-20-6-18-3-4-34-22(18)7-19(20)27)30-23(21)32(15)26-10-16-5-17(11-26)9-25(8-16,13-26)14-33/h6-7,12,16-18,22,33H,1,3-5,8-11,13-14H2,2H3,(H,28,29,30). The Morgan fingerprint density at radius 2 is 2.06 bits per heavy atom. The SMILES string of the molecule is C=C1N(C)c2cnc(NC3=CC4CCOC4C=C3Cl)nc2N1C12CC3CC(CC(CO)(C3)C1)C2. The van der Waals surface area contributed by atoms with Crippen LogP contribution in [0.4, 0.5) is 17.5 Å². The molecule has 5 fully saturated rings. The van der Waals surface area contributed by atoms with Crippen molar-refractivity contribution in [2.75, 3.05) is 35.4 Å². The molecule has 8 rings (SSSR count). The zero-order valence-electron chi connectivity index (χ0n) is 19.6. The van der Waals surface area contributed by atoms with E-state index in [2.05, 4.69) is 32.8 Å². The van der Waals surface area contributed by atoms with Gasteiger partial charge in [-0.15, -0.1) is 0 Å². The van der Waals surface area contributed by atoms with Gasteiger partial charge in [0.25, 0.3) is 0 Å². The van der Waals surface area contributed by atoms with Crippen LogP contribution in [0.1, 0.15) is 44.9 Å². The molecule has 7 aliphatic rings. The number of aromatic nitrogens is 2. The summed E-state index contributed by atoms with van der Waals surface area (Å²) in [5.74, 6) is 4.10. The molecule has 8 heteroatoms. The molecule has 2 aliphatic heterocycles. The number of anilines is 3. The predicted octanol–water partition coefficient (Wildman–Crippen LogP) is 4.37. The maximum atomic E-state index is 10.4. The highest BCUT2D eigenvalue weighted by molar-refractivity contribution is 6.32. The molecule has 1 aromatic rings. The fraction of sp³-hybridized carbons (Fsp3) is 0.615. The lowest BCUT2D eigenvalue weighted by Gasteiger charge is -2.64. The van der Waals surface area contributed by atoms with Gasteiger partial charge in [-0.05, 0) is 68.3 Å². The molecule has 7 nitrogen and oxygen atoms in total. The number of aliphatic hydroxyl groups is 1. The van der Waals surface area contributed by atoms with Crippen molar-refractivity contribution in [3.8, 4) is 0 Å². The van der Waals surface area contributed by atoms with E-state index in [9.17, 15) is 5.11 Å². The molecule has 1 saturated heterocycles. The number of nitrogens with zero attached hydrogens (tertiary/aromatic N) is 4. The van der Waals surface area contributed by atoms with Crippen molar-refractivity contribution in [1.29, 1.82) is 0 Å². The summed E-state index contributed by atoms with van der Waals surface area (Å²) >= 11 is 6.57. The number of nitrogens with one attached hydrogen (secondary N) is 1. The highest BCUT2D eigenvalue weighted by Crippen LogP contribution is 2.65. The summed E-state index contributed by atoms with van der Waals surface area (Å²) < 4.78 is 5.75. The highest BCUT2D eigenvalue weighted by Gasteiger charge is 2.61. The molecule has 180 valence electrons. The lowest BCUT2D eigenvalue weighted by molar-refractivity contribution is -0.0921. The number of rotatable bonds is 4. The monoisotopic (exact) mass is 481 g/mol. The lowest BCUT2D eigenvalue weighted by Crippen LogP contribution is -2.64. The van der Waals surface area contributed by atoms with Crippen molar-refractivity contribution in [2.45, 2.75) is 56.6 Å². The van der Waals surface area contributed by atoms with Crippen molar-refractivity contribution < 1.29 is 9.84 Å². The van der Waals surface area contributed by atoms with Gasteiger partial charge >= 0.3 is 0 Å². The third kappa shape index (κ3) is 2.96. The topological polar surface area (TPSA) is 73.8 Å². The normalized spacial score (nSPS) is 39.8. The summed E-state index contributed by atoms with van der Waals surface area (Å²) in [6.07, 6.45) is 14.0. The summed E-state index contributed by atoms with van der Waals surface area (Å²) in [5, 5.41) is 14.4. The van der Waals surface area contributed by atoms with E-state index in [0.29, 0.717) is 28.7 Å². The largest absolute Gasteiger partial charge is 0.396 e. The molecule has 34 heavy (non-hydrogen) atoms. The summed E-state index contributed by atoms with van der Waals surface area (Å²) in [4.78, 5) is 14.2. The van der Waals surface area contributed by atoms with Crippen LogP contribution in [0.25, 0.3) is 0 Å². The molecule has 1 aromatic heterocycles. The van der Waals surface area contributed by atoms with Crippen LogP contribution >= 0.6 is 11.6 Å². The van der Waals surface area contributed by atoms with Gasteiger partial charge in [0.15, 0.2) is 5.82 Å². The number of ether oxygens (including phenoxy) is 1. The lowest BCUT2D eigenvalue weighted by atomic mass is 9.46. The molecule has 2 N–H and O–H groups in total. The van der Waals surface area contributed by atoms with Gasteiger partial charge in [-0.1, -0.05) is 24.3 Å². The number of halogens is 1. The van der Waals surface area contributed by atoms with Crippen LogP contribution in [0.15, 0.2) is 41.5 Å². The number of allylic oxidation sites excluding steroid dienone is 1. The van der Waals surface area contributed by atoms with Crippen LogP contribution in [0.3, 0.4) is 0 Å². The number of aliphatic hydroxyl groups excluding tert-OH is 1. The average molecular weight is 482 g/mol. The predicted molar refractivity (Wildman–Crippen MR) is 132 cm³/mol. The van der Waals surface area contributed by atoms with Gasteiger partial charge in [-0.25, -0.2) is 4.98 Å². The minimum absolute atomic E-state index is 0.0366. The zero-order chi connectivity index (χ0) is 23.2. The molecule has 4 atom stereocenters. The van der Waals surface area contributed by atoms with Crippen LogP contribution in [-0.2, 0) is 4.74 Å². The first-order valence-corrected chi connectivity index (χ1v) is 13.0. The summed E-state index contributed by atoms with van der Waals surface area (Å²) in [7, 11) is 2.05. The maximum Gasteiger partial charge on any atom is 0.229 e. The smallest absolute Gasteiger partial charge is 0.229 e. The van der Waals surface area contributed by atoms with Crippen molar-refractivity contribution in [1.82, 2.24) is 9.97 Å². The molecule has 4 bridgehead atoms. The zero-order valence-corrected chi connectivity index (χ0v) is 20.4. The summed E-state index contributed by atoms with van der Waals surface area (Å²) in [5.41, 5.74) is 1.84. The van der Waals surface area contributed by atoms with Crippen LogP contribution in [0, 0.1) is 23.2 Å². The van der Waals surface area contributed by atoms with Gasteiger partial charge in [0.2, 0.25) is 5.95 Å². The summed E-state index contributed by atoms with van der Waals surface area (Å²) in [6, 6.07) is 0. The first-order valence-electron chi connectivity index (χ1n) is 12.6. The third-order valence-corrected chi connectivity index (χ3v) is 9.64. The molecule has 5 aliphatic carbocycles. The second-order valence-corrected chi connectivity index (χ2v) is 12.0.